The van der Waals surface area contributed by atoms with Crippen molar-refractivity contribution in [3.8, 4) is 17.0 Å². The van der Waals surface area contributed by atoms with Crippen LogP contribution in [-0.2, 0) is 19.8 Å². The molecule has 0 saturated carbocycles. The van der Waals surface area contributed by atoms with E-state index in [0.717, 1.165) is 36.1 Å². The molecule has 8 nitrogen and oxygen atoms in total. The van der Waals surface area contributed by atoms with E-state index in [1.807, 2.05) is 39.2 Å². The highest BCUT2D eigenvalue weighted by Crippen LogP contribution is 2.41. The van der Waals surface area contributed by atoms with Crippen molar-refractivity contribution in [3.05, 3.63) is 60.2 Å². The number of anilines is 2. The van der Waals surface area contributed by atoms with Crippen LogP contribution in [0, 0.1) is 6.92 Å². The maximum absolute atomic E-state index is 14.0. The van der Waals surface area contributed by atoms with Gasteiger partial charge >= 0.3 is 6.18 Å². The van der Waals surface area contributed by atoms with Crippen LogP contribution in [0.15, 0.2) is 48.8 Å². The summed E-state index contributed by atoms with van der Waals surface area (Å²) in [6, 6.07) is 10.9. The van der Waals surface area contributed by atoms with E-state index in [2.05, 4.69) is 29.7 Å². The van der Waals surface area contributed by atoms with Gasteiger partial charge in [0, 0.05) is 49.2 Å². The first-order chi connectivity index (χ1) is 18.1. The number of benzene rings is 2. The molecule has 11 heteroatoms. The summed E-state index contributed by atoms with van der Waals surface area (Å²) in [5.74, 6) is 1.50. The van der Waals surface area contributed by atoms with Crippen molar-refractivity contribution in [3.63, 3.8) is 0 Å². The lowest BCUT2D eigenvalue weighted by Crippen LogP contribution is -2.18. The lowest BCUT2D eigenvalue weighted by molar-refractivity contribution is -0.137. The van der Waals surface area contributed by atoms with Crippen LogP contribution in [0.3, 0.4) is 0 Å². The molecule has 0 radical (unpaired) electrons. The van der Waals surface area contributed by atoms with Crippen LogP contribution >= 0.6 is 0 Å². The SMILES string of the molecule is COc1cccc2c(-c3nc(Nc4ccc5c(c4)nc(C)n5CCN(C)C)ncc3C(F)(F)F)cn(C)c12. The number of imidazole rings is 1. The third-order valence-electron chi connectivity index (χ3n) is 6.50. The van der Waals surface area contributed by atoms with Gasteiger partial charge in [-0.15, -0.1) is 0 Å². The number of nitrogens with zero attached hydrogens (tertiary/aromatic N) is 6. The molecule has 1 N–H and O–H groups in total. The monoisotopic (exact) mass is 523 g/mol. The van der Waals surface area contributed by atoms with Gasteiger partial charge in [0.25, 0.3) is 0 Å². The molecule has 198 valence electrons. The van der Waals surface area contributed by atoms with Crippen LogP contribution in [0.5, 0.6) is 5.75 Å². The number of alkyl halides is 3. The molecule has 3 heterocycles. The zero-order valence-electron chi connectivity index (χ0n) is 21.8. The average Bonchev–Trinajstić information content (AvgIpc) is 3.37. The van der Waals surface area contributed by atoms with Gasteiger partial charge < -0.3 is 24.1 Å². The van der Waals surface area contributed by atoms with E-state index >= 15 is 0 Å². The Morgan fingerprint density at radius 3 is 2.61 bits per heavy atom. The number of para-hydroxylation sites is 1. The fourth-order valence-corrected chi connectivity index (χ4v) is 4.68. The smallest absolute Gasteiger partial charge is 0.419 e. The molecule has 0 fully saturated rings. The molecule has 2 aromatic carbocycles. The van der Waals surface area contributed by atoms with Crippen LogP contribution in [-0.4, -0.2) is 56.7 Å². The second kappa shape index (κ2) is 9.64. The zero-order valence-corrected chi connectivity index (χ0v) is 21.8. The van der Waals surface area contributed by atoms with Crippen LogP contribution in [0.4, 0.5) is 24.8 Å². The number of hydrogen-bond acceptors (Lipinski definition) is 6. The molecule has 0 amide bonds. The summed E-state index contributed by atoms with van der Waals surface area (Å²) >= 11 is 0. The number of halogens is 3. The van der Waals surface area contributed by atoms with Gasteiger partial charge in [0.2, 0.25) is 5.95 Å². The van der Waals surface area contributed by atoms with E-state index in [1.54, 1.807) is 36.0 Å². The van der Waals surface area contributed by atoms with Gasteiger partial charge in [-0.05, 0) is 45.3 Å². The van der Waals surface area contributed by atoms with E-state index in [1.165, 1.54) is 7.11 Å². The zero-order chi connectivity index (χ0) is 27.2. The summed E-state index contributed by atoms with van der Waals surface area (Å²) < 4.78 is 51.4. The van der Waals surface area contributed by atoms with Gasteiger partial charge in [-0.2, -0.15) is 13.2 Å². The Balaban J connectivity index is 1.56. The average molecular weight is 524 g/mol. The lowest BCUT2D eigenvalue weighted by Gasteiger charge is -2.14. The maximum Gasteiger partial charge on any atom is 0.419 e. The molecule has 0 aliphatic rings. The highest BCUT2D eigenvalue weighted by Gasteiger charge is 2.36. The summed E-state index contributed by atoms with van der Waals surface area (Å²) in [4.78, 5) is 15.1. The van der Waals surface area contributed by atoms with Gasteiger partial charge in [0.05, 0.1) is 29.4 Å². The number of likely N-dealkylation sites (N-methyl/N-ethyl adjacent to an activating group) is 1. The summed E-state index contributed by atoms with van der Waals surface area (Å²) in [5.41, 5.74) is 2.28. The quantitative estimate of drug-likeness (QED) is 0.298. The number of ether oxygens (including phenoxy) is 1. The van der Waals surface area contributed by atoms with Crippen molar-refractivity contribution in [1.82, 2.24) is 29.0 Å². The number of methoxy groups -OCH3 is 1. The number of hydrogen-bond donors (Lipinski definition) is 1. The Morgan fingerprint density at radius 1 is 1.11 bits per heavy atom. The summed E-state index contributed by atoms with van der Waals surface area (Å²) in [5, 5.41) is 3.66. The summed E-state index contributed by atoms with van der Waals surface area (Å²) in [6.45, 7) is 3.62. The highest BCUT2D eigenvalue weighted by molar-refractivity contribution is 5.99. The van der Waals surface area contributed by atoms with Gasteiger partial charge in [0.15, 0.2) is 0 Å². The van der Waals surface area contributed by atoms with E-state index in [4.69, 9.17) is 4.74 Å². The second-order valence-electron chi connectivity index (χ2n) is 9.41. The Labute approximate surface area is 217 Å². The topological polar surface area (TPSA) is 73.0 Å². The van der Waals surface area contributed by atoms with Crippen molar-refractivity contribution < 1.29 is 17.9 Å². The molecule has 38 heavy (non-hydrogen) atoms. The first kappa shape index (κ1) is 25.5. The Hall–Kier alpha value is -4.12. The van der Waals surface area contributed by atoms with Gasteiger partial charge in [0.1, 0.15) is 17.1 Å². The van der Waals surface area contributed by atoms with Crippen molar-refractivity contribution in [2.45, 2.75) is 19.6 Å². The number of fused-ring (bicyclic) bond motifs is 2. The molecule has 0 spiro atoms. The number of aryl methyl sites for hydroxylation is 2. The molecule has 0 bridgehead atoms. The molecule has 0 atom stereocenters. The minimum absolute atomic E-state index is 0.0519. The number of aromatic nitrogens is 5. The largest absolute Gasteiger partial charge is 0.495 e. The third kappa shape index (κ3) is 4.65. The van der Waals surface area contributed by atoms with Crippen molar-refractivity contribution in [1.29, 1.82) is 0 Å². The van der Waals surface area contributed by atoms with Crippen molar-refractivity contribution >= 4 is 33.6 Å². The first-order valence-electron chi connectivity index (χ1n) is 12.0. The Kier molecular flexibility index (Phi) is 6.47. The maximum atomic E-state index is 14.0. The van der Waals surface area contributed by atoms with Crippen LogP contribution in [0.1, 0.15) is 11.4 Å². The molecule has 0 aliphatic heterocycles. The lowest BCUT2D eigenvalue weighted by atomic mass is 10.1. The molecule has 0 saturated heterocycles. The van der Waals surface area contributed by atoms with Gasteiger partial charge in [-0.25, -0.2) is 15.0 Å². The van der Waals surface area contributed by atoms with E-state index in [0.29, 0.717) is 27.9 Å². The van der Waals surface area contributed by atoms with E-state index in [9.17, 15) is 13.2 Å². The van der Waals surface area contributed by atoms with Gasteiger partial charge in [-0.1, -0.05) is 12.1 Å². The number of nitrogens with one attached hydrogen (secondary N) is 1. The molecular weight excluding hydrogens is 495 g/mol. The van der Waals surface area contributed by atoms with E-state index < -0.39 is 11.7 Å². The van der Waals surface area contributed by atoms with Crippen LogP contribution < -0.4 is 10.1 Å². The summed E-state index contributed by atoms with van der Waals surface area (Å²) in [6.07, 6.45) is -2.18. The van der Waals surface area contributed by atoms with Gasteiger partial charge in [-0.3, -0.25) is 0 Å². The predicted molar refractivity (Wildman–Crippen MR) is 142 cm³/mol. The second-order valence-corrected chi connectivity index (χ2v) is 9.41. The Morgan fingerprint density at radius 2 is 1.89 bits per heavy atom. The molecular formula is C27H28F3N7O. The first-order valence-corrected chi connectivity index (χ1v) is 12.0. The Bertz CT molecular complexity index is 1640. The fourth-order valence-electron chi connectivity index (χ4n) is 4.68. The fraction of sp³-hybridized carbons (Fsp3) is 0.296. The molecule has 5 aromatic rings. The van der Waals surface area contributed by atoms with Crippen LogP contribution in [0.25, 0.3) is 33.2 Å². The highest BCUT2D eigenvalue weighted by atomic mass is 19.4. The minimum atomic E-state index is -4.63. The van der Waals surface area contributed by atoms with Crippen molar-refractivity contribution in [2.24, 2.45) is 7.05 Å². The standard InChI is InChI=1S/C27H28F3N7O/c1-16-32-21-13-17(9-10-22(21)37(16)12-11-35(2)3)33-26-31-14-20(27(28,29)30)24(34-26)19-15-36(4)25-18(19)7-6-8-23(25)38-5/h6-10,13-15H,11-12H2,1-5H3,(H,31,33,34). The third-order valence-corrected chi connectivity index (χ3v) is 6.50. The predicted octanol–water partition coefficient (Wildman–Crippen LogP) is 5.63. The molecule has 5 rings (SSSR count). The van der Waals surface area contributed by atoms with E-state index in [-0.39, 0.29) is 11.6 Å². The van der Waals surface area contributed by atoms with Crippen LogP contribution in [0.2, 0.25) is 0 Å². The molecule has 3 aromatic heterocycles. The molecule has 0 unspecified atom stereocenters. The number of rotatable bonds is 7. The van der Waals surface area contributed by atoms with Crippen molar-refractivity contribution in [2.75, 3.05) is 33.1 Å². The molecule has 0 aliphatic carbocycles. The summed E-state index contributed by atoms with van der Waals surface area (Å²) in [7, 11) is 7.32. The normalized spacial score (nSPS) is 12.1. The minimum Gasteiger partial charge on any atom is -0.495 e.